The third kappa shape index (κ3) is 3.40. The number of aromatic carboxylic acids is 1. The molecule has 0 fully saturated rings. The molecule has 0 aliphatic heterocycles. The maximum Gasteiger partial charge on any atom is 0.335 e. The van der Waals surface area contributed by atoms with Gasteiger partial charge in [-0.3, -0.25) is 4.72 Å². The van der Waals surface area contributed by atoms with Crippen LogP contribution in [0.5, 0.6) is 0 Å². The molecule has 2 aromatic carbocycles. The Hall–Kier alpha value is -2.05. The Balaban J connectivity index is 2.45. The monoisotopic (exact) mass is 339 g/mol. The predicted octanol–water partition coefficient (Wildman–Crippen LogP) is 3.46. The molecule has 0 saturated heterocycles. The first-order chi connectivity index (χ1) is 10.2. The molecule has 0 atom stereocenters. The molecule has 0 aliphatic rings. The molecule has 0 saturated carbocycles. The lowest BCUT2D eigenvalue weighted by Gasteiger charge is -2.12. The Labute approximate surface area is 133 Å². The van der Waals surface area contributed by atoms with Crippen LogP contribution in [0.2, 0.25) is 5.02 Å². The first-order valence-corrected chi connectivity index (χ1v) is 8.20. The van der Waals surface area contributed by atoms with Gasteiger partial charge in [0.25, 0.3) is 10.0 Å². The highest BCUT2D eigenvalue weighted by molar-refractivity contribution is 7.92. The number of carbonyl (C=O) groups is 1. The quantitative estimate of drug-likeness (QED) is 0.893. The van der Waals surface area contributed by atoms with Crippen molar-refractivity contribution in [2.45, 2.75) is 18.7 Å². The number of hydrogen-bond donors (Lipinski definition) is 2. The molecule has 0 heterocycles. The average Bonchev–Trinajstić information content (AvgIpc) is 2.40. The lowest BCUT2D eigenvalue weighted by molar-refractivity contribution is 0.0697. The van der Waals surface area contributed by atoms with E-state index in [-0.39, 0.29) is 21.2 Å². The minimum absolute atomic E-state index is 0.00157. The number of anilines is 1. The topological polar surface area (TPSA) is 83.5 Å². The first kappa shape index (κ1) is 16.3. The van der Waals surface area contributed by atoms with Crippen molar-refractivity contribution in [3.8, 4) is 0 Å². The molecule has 0 unspecified atom stereocenters. The fourth-order valence-corrected chi connectivity index (χ4v) is 3.61. The number of nitrogens with one attached hydrogen (secondary N) is 1. The molecule has 0 aromatic heterocycles. The smallest absolute Gasteiger partial charge is 0.335 e. The van der Waals surface area contributed by atoms with E-state index >= 15 is 0 Å². The Morgan fingerprint density at radius 1 is 1.14 bits per heavy atom. The molecule has 0 radical (unpaired) electrons. The molecule has 2 aromatic rings. The number of aryl methyl sites for hydroxylation is 2. The zero-order chi connectivity index (χ0) is 16.5. The molecule has 5 nitrogen and oxygen atoms in total. The lowest BCUT2D eigenvalue weighted by atomic mass is 10.1. The van der Waals surface area contributed by atoms with Gasteiger partial charge < -0.3 is 5.11 Å². The molecular formula is C15H14ClNO4S. The first-order valence-electron chi connectivity index (χ1n) is 6.33. The fraction of sp³-hybridized carbons (Fsp3) is 0.133. The number of hydrogen-bond acceptors (Lipinski definition) is 3. The van der Waals surface area contributed by atoms with Crippen molar-refractivity contribution in [2.24, 2.45) is 0 Å². The number of sulfonamides is 1. The standard InChI is InChI=1S/C15H14ClNO4S/c1-9-3-6-14(12(16)7-9)22(20,21)17-13-8-11(15(18)19)5-4-10(13)2/h3-8,17H,1-2H3,(H,18,19). The zero-order valence-corrected chi connectivity index (χ0v) is 13.5. The summed E-state index contributed by atoms with van der Waals surface area (Å²) < 4.78 is 27.2. The van der Waals surface area contributed by atoms with Crippen LogP contribution in [-0.4, -0.2) is 19.5 Å². The summed E-state index contributed by atoms with van der Waals surface area (Å²) in [5.74, 6) is -1.13. The average molecular weight is 340 g/mol. The maximum atomic E-state index is 12.4. The number of halogens is 1. The van der Waals surface area contributed by atoms with E-state index in [0.717, 1.165) is 5.56 Å². The summed E-state index contributed by atoms with van der Waals surface area (Å²) in [5, 5.41) is 9.10. The van der Waals surface area contributed by atoms with Gasteiger partial charge in [0.2, 0.25) is 0 Å². The van der Waals surface area contributed by atoms with Crippen molar-refractivity contribution in [1.29, 1.82) is 0 Å². The van der Waals surface area contributed by atoms with Gasteiger partial charge in [-0.05, 0) is 49.2 Å². The number of benzene rings is 2. The van der Waals surface area contributed by atoms with Crippen LogP contribution in [0.3, 0.4) is 0 Å². The van der Waals surface area contributed by atoms with Crippen LogP contribution < -0.4 is 4.72 Å². The summed E-state index contributed by atoms with van der Waals surface area (Å²) in [5.41, 5.74) is 1.65. The van der Waals surface area contributed by atoms with E-state index in [4.69, 9.17) is 16.7 Å². The molecule has 0 bridgehead atoms. The van der Waals surface area contributed by atoms with Gasteiger partial charge in [-0.1, -0.05) is 23.7 Å². The van der Waals surface area contributed by atoms with E-state index in [0.29, 0.717) is 5.56 Å². The van der Waals surface area contributed by atoms with Crippen molar-refractivity contribution < 1.29 is 18.3 Å². The van der Waals surface area contributed by atoms with E-state index < -0.39 is 16.0 Å². The van der Waals surface area contributed by atoms with Crippen molar-refractivity contribution >= 4 is 33.3 Å². The van der Waals surface area contributed by atoms with Crippen LogP contribution in [0.4, 0.5) is 5.69 Å². The highest BCUT2D eigenvalue weighted by Crippen LogP contribution is 2.26. The second-order valence-corrected chi connectivity index (χ2v) is 6.93. The highest BCUT2D eigenvalue weighted by atomic mass is 35.5. The molecule has 7 heteroatoms. The molecule has 2 rings (SSSR count). The highest BCUT2D eigenvalue weighted by Gasteiger charge is 2.19. The van der Waals surface area contributed by atoms with Gasteiger partial charge in [0.05, 0.1) is 16.3 Å². The summed E-state index contributed by atoms with van der Waals surface area (Å²) in [4.78, 5) is 10.9. The zero-order valence-electron chi connectivity index (χ0n) is 11.9. The van der Waals surface area contributed by atoms with Crippen LogP contribution >= 0.6 is 11.6 Å². The molecule has 116 valence electrons. The number of carboxylic acid groups (broad SMARTS) is 1. The number of carboxylic acids is 1. The van der Waals surface area contributed by atoms with E-state index in [1.54, 1.807) is 26.0 Å². The van der Waals surface area contributed by atoms with Gasteiger partial charge in [0, 0.05) is 0 Å². The van der Waals surface area contributed by atoms with E-state index in [1.807, 2.05) is 0 Å². The van der Waals surface area contributed by atoms with Crippen molar-refractivity contribution in [3.05, 3.63) is 58.1 Å². The van der Waals surface area contributed by atoms with Crippen LogP contribution in [0.1, 0.15) is 21.5 Å². The Kier molecular flexibility index (Phi) is 4.44. The summed E-state index contributed by atoms with van der Waals surface area (Å²) in [6.07, 6.45) is 0. The largest absolute Gasteiger partial charge is 0.478 e. The predicted molar refractivity (Wildman–Crippen MR) is 85.1 cm³/mol. The second kappa shape index (κ2) is 5.98. The third-order valence-corrected chi connectivity index (χ3v) is 4.95. The van der Waals surface area contributed by atoms with Gasteiger partial charge in [-0.15, -0.1) is 0 Å². The van der Waals surface area contributed by atoms with Gasteiger partial charge in [0.15, 0.2) is 0 Å². The van der Waals surface area contributed by atoms with Crippen LogP contribution in [0, 0.1) is 13.8 Å². The summed E-state index contributed by atoms with van der Waals surface area (Å²) in [7, 11) is -3.90. The van der Waals surface area contributed by atoms with Crippen molar-refractivity contribution in [3.63, 3.8) is 0 Å². The summed E-state index contributed by atoms with van der Waals surface area (Å²) in [6.45, 7) is 3.48. The Bertz CT molecular complexity index is 847. The van der Waals surface area contributed by atoms with Gasteiger partial charge in [-0.25, -0.2) is 13.2 Å². The molecule has 0 spiro atoms. The minimum atomic E-state index is -3.90. The van der Waals surface area contributed by atoms with Gasteiger partial charge in [-0.2, -0.15) is 0 Å². The van der Waals surface area contributed by atoms with Crippen LogP contribution in [0.25, 0.3) is 0 Å². The normalized spacial score (nSPS) is 11.2. The summed E-state index contributed by atoms with van der Waals surface area (Å²) in [6, 6.07) is 8.83. The van der Waals surface area contributed by atoms with E-state index in [1.165, 1.54) is 24.3 Å². The lowest BCUT2D eigenvalue weighted by Crippen LogP contribution is -2.15. The Morgan fingerprint density at radius 2 is 1.82 bits per heavy atom. The Morgan fingerprint density at radius 3 is 2.41 bits per heavy atom. The van der Waals surface area contributed by atoms with Crippen molar-refractivity contribution in [1.82, 2.24) is 0 Å². The summed E-state index contributed by atoms with van der Waals surface area (Å²) >= 11 is 5.99. The van der Waals surface area contributed by atoms with Gasteiger partial charge in [0.1, 0.15) is 4.90 Å². The number of rotatable bonds is 4. The van der Waals surface area contributed by atoms with E-state index in [2.05, 4.69) is 4.72 Å². The van der Waals surface area contributed by atoms with Gasteiger partial charge >= 0.3 is 5.97 Å². The van der Waals surface area contributed by atoms with E-state index in [9.17, 15) is 13.2 Å². The fourth-order valence-electron chi connectivity index (χ4n) is 1.89. The van der Waals surface area contributed by atoms with Crippen LogP contribution in [0.15, 0.2) is 41.3 Å². The molecule has 22 heavy (non-hydrogen) atoms. The molecular weight excluding hydrogens is 326 g/mol. The molecule has 0 amide bonds. The maximum absolute atomic E-state index is 12.4. The second-order valence-electron chi connectivity index (χ2n) is 4.87. The SMILES string of the molecule is Cc1ccc(S(=O)(=O)Nc2cc(C(=O)O)ccc2C)c(Cl)c1. The van der Waals surface area contributed by atoms with Crippen LogP contribution in [-0.2, 0) is 10.0 Å². The molecule has 2 N–H and O–H groups in total. The third-order valence-electron chi connectivity index (χ3n) is 3.11. The molecule has 0 aliphatic carbocycles. The van der Waals surface area contributed by atoms with Crippen molar-refractivity contribution in [2.75, 3.05) is 4.72 Å². The minimum Gasteiger partial charge on any atom is -0.478 e.